The largest absolute Gasteiger partial charge is 0.369 e. The predicted molar refractivity (Wildman–Crippen MR) is 75.6 cm³/mol. The van der Waals surface area contributed by atoms with Crippen LogP contribution in [0.1, 0.15) is 44.2 Å². The highest BCUT2D eigenvalue weighted by molar-refractivity contribution is 5.79. The van der Waals surface area contributed by atoms with E-state index < -0.39 is 0 Å². The number of aromatic nitrogens is 2. The molecule has 1 saturated carbocycles. The molecule has 0 saturated heterocycles. The van der Waals surface area contributed by atoms with Gasteiger partial charge in [0, 0.05) is 6.04 Å². The highest BCUT2D eigenvalue weighted by Gasteiger charge is 2.23. The van der Waals surface area contributed by atoms with Gasteiger partial charge in [-0.05, 0) is 43.4 Å². The molecule has 2 atom stereocenters. The standard InChI is InChI=1S/C15H21N3/c1-10-4-3-5-12(8-10)18-14-7-6-11(2)9-13(14)17-15(18)16/h6-7,9-10,12H,3-5,8H2,1-2H3,(H2,16,17). The van der Waals surface area contributed by atoms with Gasteiger partial charge in [0.2, 0.25) is 5.95 Å². The average Bonchev–Trinajstić information content (AvgIpc) is 2.64. The maximum Gasteiger partial charge on any atom is 0.201 e. The van der Waals surface area contributed by atoms with Crippen LogP contribution in [0, 0.1) is 12.8 Å². The van der Waals surface area contributed by atoms with Gasteiger partial charge < -0.3 is 10.3 Å². The van der Waals surface area contributed by atoms with E-state index in [1.54, 1.807) is 0 Å². The summed E-state index contributed by atoms with van der Waals surface area (Å²) in [6, 6.07) is 6.95. The van der Waals surface area contributed by atoms with E-state index in [1.165, 1.54) is 36.8 Å². The number of nitrogens with two attached hydrogens (primary N) is 1. The van der Waals surface area contributed by atoms with Crippen LogP contribution in [0.3, 0.4) is 0 Å². The van der Waals surface area contributed by atoms with Crippen LogP contribution in [0.4, 0.5) is 5.95 Å². The fourth-order valence-electron chi connectivity index (χ4n) is 3.25. The Labute approximate surface area is 108 Å². The zero-order valence-electron chi connectivity index (χ0n) is 11.2. The zero-order chi connectivity index (χ0) is 12.7. The number of hydrogen-bond donors (Lipinski definition) is 1. The molecule has 1 aliphatic carbocycles. The van der Waals surface area contributed by atoms with Gasteiger partial charge in [0.05, 0.1) is 11.0 Å². The Morgan fingerprint density at radius 2 is 2.17 bits per heavy atom. The van der Waals surface area contributed by atoms with Gasteiger partial charge in [-0.3, -0.25) is 0 Å². The molecule has 96 valence electrons. The first-order valence-corrected chi connectivity index (χ1v) is 6.89. The van der Waals surface area contributed by atoms with E-state index in [2.05, 4.69) is 41.6 Å². The molecule has 18 heavy (non-hydrogen) atoms. The van der Waals surface area contributed by atoms with Crippen molar-refractivity contribution >= 4 is 17.0 Å². The first-order valence-electron chi connectivity index (χ1n) is 6.89. The van der Waals surface area contributed by atoms with Crippen molar-refractivity contribution in [3.63, 3.8) is 0 Å². The number of aryl methyl sites for hydroxylation is 1. The fourth-order valence-corrected chi connectivity index (χ4v) is 3.25. The number of benzene rings is 1. The minimum atomic E-state index is 0.529. The van der Waals surface area contributed by atoms with Gasteiger partial charge in [-0.25, -0.2) is 4.98 Å². The number of hydrogen-bond acceptors (Lipinski definition) is 2. The first-order chi connectivity index (χ1) is 8.65. The number of nitrogen functional groups attached to an aromatic ring is 1. The predicted octanol–water partition coefficient (Wildman–Crippen LogP) is 3.68. The second-order valence-corrected chi connectivity index (χ2v) is 5.76. The smallest absolute Gasteiger partial charge is 0.201 e. The fraction of sp³-hybridized carbons (Fsp3) is 0.533. The SMILES string of the molecule is Cc1ccc2c(c1)nc(N)n2C1CCCC(C)C1. The molecule has 2 aromatic rings. The van der Waals surface area contributed by atoms with E-state index in [-0.39, 0.29) is 0 Å². The second-order valence-electron chi connectivity index (χ2n) is 5.76. The summed E-state index contributed by atoms with van der Waals surface area (Å²) in [5, 5.41) is 0. The number of rotatable bonds is 1. The van der Waals surface area contributed by atoms with Crippen LogP contribution < -0.4 is 5.73 Å². The minimum absolute atomic E-state index is 0.529. The van der Waals surface area contributed by atoms with Crippen LogP contribution in [-0.2, 0) is 0 Å². The third-order valence-electron chi connectivity index (χ3n) is 4.15. The topological polar surface area (TPSA) is 43.8 Å². The van der Waals surface area contributed by atoms with Crippen molar-refractivity contribution in [2.45, 2.75) is 45.6 Å². The third-order valence-corrected chi connectivity index (χ3v) is 4.15. The summed E-state index contributed by atoms with van der Waals surface area (Å²) in [4.78, 5) is 4.51. The summed E-state index contributed by atoms with van der Waals surface area (Å²) >= 11 is 0. The second kappa shape index (κ2) is 4.30. The van der Waals surface area contributed by atoms with Crippen LogP contribution >= 0.6 is 0 Å². The Kier molecular flexibility index (Phi) is 2.77. The lowest BCUT2D eigenvalue weighted by molar-refractivity contribution is 0.289. The van der Waals surface area contributed by atoms with Crippen LogP contribution in [-0.4, -0.2) is 9.55 Å². The first kappa shape index (κ1) is 11.6. The van der Waals surface area contributed by atoms with E-state index in [1.807, 2.05) is 0 Å². The Bertz CT molecular complexity index is 570. The average molecular weight is 243 g/mol. The van der Waals surface area contributed by atoms with Gasteiger partial charge in [-0.1, -0.05) is 25.8 Å². The Balaban J connectivity index is 2.07. The Morgan fingerprint density at radius 1 is 1.33 bits per heavy atom. The molecule has 2 unspecified atom stereocenters. The van der Waals surface area contributed by atoms with Crippen LogP contribution in [0.15, 0.2) is 18.2 Å². The highest BCUT2D eigenvalue weighted by atomic mass is 15.2. The molecule has 0 radical (unpaired) electrons. The molecular formula is C15H21N3. The molecule has 0 amide bonds. The normalized spacial score (nSPS) is 24.6. The monoisotopic (exact) mass is 243 g/mol. The van der Waals surface area contributed by atoms with Gasteiger partial charge in [0.1, 0.15) is 0 Å². The molecule has 0 bridgehead atoms. The number of anilines is 1. The van der Waals surface area contributed by atoms with Crippen molar-refractivity contribution in [1.29, 1.82) is 0 Å². The van der Waals surface area contributed by atoms with Crippen molar-refractivity contribution in [2.24, 2.45) is 5.92 Å². The molecule has 1 aliphatic rings. The summed E-state index contributed by atoms with van der Waals surface area (Å²) in [7, 11) is 0. The lowest BCUT2D eigenvalue weighted by atomic mass is 9.87. The summed E-state index contributed by atoms with van der Waals surface area (Å²) in [5.74, 6) is 1.47. The molecule has 0 aliphatic heterocycles. The van der Waals surface area contributed by atoms with Crippen molar-refractivity contribution in [3.8, 4) is 0 Å². The Hall–Kier alpha value is -1.51. The van der Waals surface area contributed by atoms with Crippen molar-refractivity contribution in [3.05, 3.63) is 23.8 Å². The lowest BCUT2D eigenvalue weighted by Gasteiger charge is -2.28. The van der Waals surface area contributed by atoms with Crippen molar-refractivity contribution < 1.29 is 0 Å². The molecule has 3 nitrogen and oxygen atoms in total. The summed E-state index contributed by atoms with van der Waals surface area (Å²) in [6.07, 6.45) is 5.11. The molecule has 1 fully saturated rings. The minimum Gasteiger partial charge on any atom is -0.369 e. The molecular weight excluding hydrogens is 222 g/mol. The molecule has 2 N–H and O–H groups in total. The highest BCUT2D eigenvalue weighted by Crippen LogP contribution is 2.36. The molecule has 1 aromatic heterocycles. The summed E-state index contributed by atoms with van der Waals surface area (Å²) in [5.41, 5.74) is 9.60. The van der Waals surface area contributed by atoms with Crippen LogP contribution in [0.25, 0.3) is 11.0 Å². The number of nitrogens with zero attached hydrogens (tertiary/aromatic N) is 2. The van der Waals surface area contributed by atoms with E-state index in [0.29, 0.717) is 12.0 Å². The summed E-state index contributed by atoms with van der Waals surface area (Å²) < 4.78 is 2.25. The van der Waals surface area contributed by atoms with Gasteiger partial charge in [-0.2, -0.15) is 0 Å². The maximum absolute atomic E-state index is 6.13. The number of imidazole rings is 1. The Morgan fingerprint density at radius 3 is 2.94 bits per heavy atom. The van der Waals surface area contributed by atoms with Gasteiger partial charge in [0.25, 0.3) is 0 Å². The van der Waals surface area contributed by atoms with Crippen LogP contribution in [0.5, 0.6) is 0 Å². The number of fused-ring (bicyclic) bond motifs is 1. The molecule has 1 heterocycles. The van der Waals surface area contributed by atoms with Crippen molar-refractivity contribution in [1.82, 2.24) is 9.55 Å². The summed E-state index contributed by atoms with van der Waals surface area (Å²) in [6.45, 7) is 4.43. The molecule has 3 rings (SSSR count). The quantitative estimate of drug-likeness (QED) is 0.830. The maximum atomic E-state index is 6.13. The van der Waals surface area contributed by atoms with Gasteiger partial charge in [-0.15, -0.1) is 0 Å². The zero-order valence-corrected chi connectivity index (χ0v) is 11.2. The van der Waals surface area contributed by atoms with Crippen LogP contribution in [0.2, 0.25) is 0 Å². The van der Waals surface area contributed by atoms with Crippen molar-refractivity contribution in [2.75, 3.05) is 5.73 Å². The van der Waals surface area contributed by atoms with E-state index in [9.17, 15) is 0 Å². The lowest BCUT2D eigenvalue weighted by Crippen LogP contribution is -2.19. The molecule has 0 spiro atoms. The van der Waals surface area contributed by atoms with E-state index in [4.69, 9.17) is 5.73 Å². The van der Waals surface area contributed by atoms with E-state index in [0.717, 1.165) is 11.4 Å². The van der Waals surface area contributed by atoms with Gasteiger partial charge >= 0.3 is 0 Å². The molecule has 1 aromatic carbocycles. The van der Waals surface area contributed by atoms with Gasteiger partial charge in [0.15, 0.2) is 0 Å². The molecule has 3 heteroatoms. The van der Waals surface area contributed by atoms with E-state index >= 15 is 0 Å². The third kappa shape index (κ3) is 1.88.